The number of hydrogen-bond acceptors (Lipinski definition) is 11. The van der Waals surface area contributed by atoms with E-state index in [-0.39, 0.29) is 41.3 Å². The van der Waals surface area contributed by atoms with Gasteiger partial charge in [0.25, 0.3) is 0 Å². The minimum absolute atomic E-state index is 0.0428. The second-order valence-corrected chi connectivity index (χ2v) is 59.8. The summed E-state index contributed by atoms with van der Waals surface area (Å²) in [6.45, 7) is 48.8. The molecule has 0 aliphatic heterocycles. The zero-order valence-electron chi connectivity index (χ0n) is 93.2. The summed E-state index contributed by atoms with van der Waals surface area (Å²) in [7, 11) is 0. The van der Waals surface area contributed by atoms with Gasteiger partial charge in [-0.15, -0.1) is 0 Å². The standard InChI is InChI=1S/C26H42F2O2.C26H44O2.C25H42O2.C24H37F3O2.C24H40O3/c1-16(2)22(29)26(27,28)15-18-7-9-20-19-8-6-17-14-23(3,30)12-13-25(17,5)21(19)10-11-24(18,20)4;1-17(6-7-18(2)27)21-10-11-22-20-9-8-19-16-24(3,28)14-15-25(19,4)23(20)12-13-26(21,22)5;1-16(14-17(2)26)20-8-9-21-19-7-6-18-15-23(3,27)12-13-24(18,4)22(19)10-11-25(20,21)5;1-21(29)12-13-23(3)16(14-21)4-7-17-18-8-5-15(6-9-20(28)24(25,26)27)22(18,2)11-10-19(17)23;1-16(25)10-14-27-21-8-7-19-18-6-5-17-15-22(2,26)12-13-23(17,3)20(18)9-11-24(19,21)4/h16-21,30H,6-15H2,1-5H3;17,19-23,28H,6-16H2,1-5H3;16,18-22,27H,6-15H2,1-5H3;15-19,29H,4-14H2,1-3H3;17-21,26H,5-15H2,1-4H3/t17-,18+,19?,20?,21?,23-,24+,25-;17-,19+,20?,21-,22?,23?,24+,25+,26-;16-,18+,19?,20-,21?,22?,23+,24+,25-;15-,16+,17?,18?,19?,21+,22-,23+;17-,18?,19?,20?,21-,22-,23-,24-/m01110/s1. The first-order valence-corrected chi connectivity index (χ1v) is 59.7. The summed E-state index contributed by atoms with van der Waals surface area (Å²) in [5.74, 6) is 12.6. The molecule has 0 spiro atoms. The molecule has 806 valence electrons. The molecule has 0 amide bonds. The van der Waals surface area contributed by atoms with Crippen molar-refractivity contribution in [2.24, 2.45) is 214 Å². The molecule has 20 aliphatic carbocycles. The van der Waals surface area contributed by atoms with E-state index in [4.69, 9.17) is 4.74 Å². The third-order valence-electron chi connectivity index (χ3n) is 51.4. The van der Waals surface area contributed by atoms with Crippen LogP contribution in [0.3, 0.4) is 0 Å². The molecule has 0 aromatic heterocycles. The maximum absolute atomic E-state index is 14.8. The quantitative estimate of drug-likeness (QED) is 0.0819. The fourth-order valence-electron chi connectivity index (χ4n) is 43.2. The Morgan fingerprint density at radius 2 is 0.596 bits per heavy atom. The minimum atomic E-state index is -4.69. The molecule has 0 saturated heterocycles. The summed E-state index contributed by atoms with van der Waals surface area (Å²) in [6, 6.07) is 0. The molecule has 11 nitrogen and oxygen atoms in total. The van der Waals surface area contributed by atoms with Crippen LogP contribution in [0.4, 0.5) is 22.0 Å². The smallest absolute Gasteiger partial charge is 0.390 e. The number of Topliss-reactive ketones (excluding diaryl/α,β-unsaturated/α-hetero) is 5. The topological polar surface area (TPSA) is 196 Å². The van der Waals surface area contributed by atoms with Crippen LogP contribution in [0, 0.1) is 214 Å². The number of carbonyl (C=O) groups is 5. The van der Waals surface area contributed by atoms with Crippen LogP contribution in [0.5, 0.6) is 0 Å². The van der Waals surface area contributed by atoms with Crippen LogP contribution in [0.15, 0.2) is 0 Å². The zero-order valence-corrected chi connectivity index (χ0v) is 93.2. The van der Waals surface area contributed by atoms with Crippen molar-refractivity contribution < 1.29 is 76.2 Å². The van der Waals surface area contributed by atoms with Gasteiger partial charge >= 0.3 is 12.1 Å². The molecule has 42 atom stereocenters. The third kappa shape index (κ3) is 21.1. The molecule has 20 fully saturated rings. The molecule has 20 rings (SSSR count). The van der Waals surface area contributed by atoms with Crippen molar-refractivity contribution in [1.82, 2.24) is 0 Å². The van der Waals surface area contributed by atoms with Crippen molar-refractivity contribution in [3.05, 3.63) is 0 Å². The number of rotatable bonds is 18. The predicted octanol–water partition coefficient (Wildman–Crippen LogP) is 30.5. The van der Waals surface area contributed by atoms with E-state index in [2.05, 4.69) is 104 Å². The van der Waals surface area contributed by atoms with Gasteiger partial charge in [-0.05, 0) is 565 Å². The van der Waals surface area contributed by atoms with Gasteiger partial charge in [0.2, 0.25) is 11.6 Å². The fourth-order valence-corrected chi connectivity index (χ4v) is 43.2. The normalized spacial score (nSPS) is 51.0. The van der Waals surface area contributed by atoms with Crippen molar-refractivity contribution in [3.63, 3.8) is 0 Å². The molecule has 5 N–H and O–H groups in total. The maximum atomic E-state index is 14.8. The minimum Gasteiger partial charge on any atom is -0.390 e. The lowest BCUT2D eigenvalue weighted by molar-refractivity contribution is -0.171. The van der Waals surface area contributed by atoms with E-state index in [0.717, 1.165) is 225 Å². The molecule has 16 heteroatoms. The highest BCUT2D eigenvalue weighted by Crippen LogP contribution is 2.76. The van der Waals surface area contributed by atoms with Crippen molar-refractivity contribution in [2.75, 3.05) is 6.61 Å². The molecule has 0 aromatic carbocycles. The van der Waals surface area contributed by atoms with Crippen LogP contribution in [-0.2, 0) is 28.7 Å². The van der Waals surface area contributed by atoms with Crippen LogP contribution in [-0.4, -0.2) is 107 Å². The lowest BCUT2D eigenvalue weighted by atomic mass is 9.43. The number of ether oxygens (including phenoxy) is 1. The van der Waals surface area contributed by atoms with Gasteiger partial charge in [0.15, 0.2) is 0 Å². The molecule has 0 aromatic rings. The Bertz CT molecular complexity index is 4390. The van der Waals surface area contributed by atoms with E-state index >= 15 is 0 Å². The molecule has 0 heterocycles. The molecule has 0 radical (unpaired) electrons. The number of fused-ring (bicyclic) bond motifs is 25. The summed E-state index contributed by atoms with van der Waals surface area (Å²) in [4.78, 5) is 58.1. The largest absolute Gasteiger partial charge is 0.449 e. The van der Waals surface area contributed by atoms with Gasteiger partial charge in [0, 0.05) is 38.0 Å². The van der Waals surface area contributed by atoms with Crippen LogP contribution >= 0.6 is 0 Å². The molecule has 20 aliphatic rings. The van der Waals surface area contributed by atoms with Crippen LogP contribution in [0.1, 0.15) is 486 Å². The summed E-state index contributed by atoms with van der Waals surface area (Å²) >= 11 is 0. The van der Waals surface area contributed by atoms with Crippen molar-refractivity contribution >= 4 is 28.9 Å². The second kappa shape index (κ2) is 40.3. The van der Waals surface area contributed by atoms with Gasteiger partial charge in [-0.25, -0.2) is 0 Å². The number of aliphatic hydroxyl groups is 5. The molecule has 15 unspecified atom stereocenters. The maximum Gasteiger partial charge on any atom is 0.449 e. The Morgan fingerprint density at radius 3 is 0.929 bits per heavy atom. The Kier molecular flexibility index (Phi) is 31.9. The fraction of sp³-hybridized carbons (Fsp3) is 0.960. The lowest BCUT2D eigenvalue weighted by Crippen LogP contribution is -2.56. The zero-order chi connectivity index (χ0) is 103. The van der Waals surface area contributed by atoms with Crippen LogP contribution in [0.25, 0.3) is 0 Å². The van der Waals surface area contributed by atoms with Crippen LogP contribution < -0.4 is 0 Å². The van der Waals surface area contributed by atoms with Gasteiger partial charge < -0.3 is 39.9 Å². The highest BCUT2D eigenvalue weighted by molar-refractivity contribution is 5.87. The van der Waals surface area contributed by atoms with E-state index in [0.29, 0.717) is 146 Å². The number of alkyl halides is 5. The number of carbonyl (C=O) groups excluding carboxylic acids is 5. The van der Waals surface area contributed by atoms with Gasteiger partial charge in [0.1, 0.15) is 17.3 Å². The molecule has 141 heavy (non-hydrogen) atoms. The molecule has 20 saturated carbocycles. The first-order valence-electron chi connectivity index (χ1n) is 59.7. The highest BCUT2D eigenvalue weighted by atomic mass is 19.4. The predicted molar refractivity (Wildman–Crippen MR) is 554 cm³/mol. The van der Waals surface area contributed by atoms with Crippen molar-refractivity contribution in [1.29, 1.82) is 0 Å². The Morgan fingerprint density at radius 1 is 0.305 bits per heavy atom. The number of halogens is 5. The van der Waals surface area contributed by atoms with Gasteiger partial charge in [0.05, 0.1) is 40.7 Å². The monoisotopic (exact) mass is 1980 g/mol. The van der Waals surface area contributed by atoms with Crippen molar-refractivity contribution in [3.8, 4) is 0 Å². The Hall–Kier alpha value is -2.24. The van der Waals surface area contributed by atoms with Crippen molar-refractivity contribution in [2.45, 2.75) is 532 Å². The average molecular weight is 1980 g/mol. The van der Waals surface area contributed by atoms with Gasteiger partial charge in [-0.1, -0.05) is 96.9 Å². The molecular formula is C125H205F5O11. The van der Waals surface area contributed by atoms with E-state index in [1.165, 1.54) is 161 Å². The highest BCUT2D eigenvalue weighted by Gasteiger charge is 2.69. The lowest BCUT2D eigenvalue weighted by Gasteiger charge is -2.62. The summed E-state index contributed by atoms with van der Waals surface area (Å²) in [5, 5.41) is 53.2. The molecule has 0 bridgehead atoms. The van der Waals surface area contributed by atoms with E-state index in [9.17, 15) is 71.5 Å². The SMILES string of the molecule is CC(=O)CCO[C@H]1CCC2C3CC[C@H]4C[C@@](C)(O)CC[C@]4(C)C3CC[C@@]21C.CC(=O)CC[C@@H](C)[C@H]1CCC2C3CC[C@H]4C[C@@](C)(O)CC[C@]4(C)C3CC[C@@]21C.CC(=O)C[C@@H](C)[C@H]1CCC2C3CC[C@H]4C[C@@](C)(O)CC[C@]4(C)C3CC[C@@]21C.CC(C)C(=O)C(F)(F)C[C@H]1CCC2C3CC[C@H]4C[C@@](C)(O)CC[C@]4(C)C3CC[C@@]21C.C[C@]1(O)CC[C@]2(C)C3CC[C@@]4(C)C(CC[C@@H]4CCC(=O)C(F)(F)F)C3CC[C@H]2C1. The Labute approximate surface area is 853 Å². The van der Waals surface area contributed by atoms with E-state index in [1.54, 1.807) is 34.6 Å². The van der Waals surface area contributed by atoms with E-state index in [1.807, 2.05) is 13.8 Å². The van der Waals surface area contributed by atoms with Gasteiger partial charge in [-0.2, -0.15) is 22.0 Å². The van der Waals surface area contributed by atoms with E-state index < -0.39 is 57.6 Å². The summed E-state index contributed by atoms with van der Waals surface area (Å²) < 4.78 is 73.8. The number of hydrogen-bond donors (Lipinski definition) is 5. The van der Waals surface area contributed by atoms with Gasteiger partial charge in [-0.3, -0.25) is 14.4 Å². The Balaban J connectivity index is 0.000000127. The first kappa shape index (κ1) is 111. The third-order valence-corrected chi connectivity index (χ3v) is 51.4. The number of ketones is 5. The second-order valence-electron chi connectivity index (χ2n) is 59.8. The first-order chi connectivity index (χ1) is 65.5. The average Bonchev–Trinajstić information content (AvgIpc) is 1.66. The molecular weight excluding hydrogens is 1770 g/mol. The van der Waals surface area contributed by atoms with Crippen LogP contribution in [0.2, 0.25) is 0 Å². The summed E-state index contributed by atoms with van der Waals surface area (Å²) in [6.07, 6.45) is 51.5. The summed E-state index contributed by atoms with van der Waals surface area (Å²) in [5.41, 5.74) is 0.911.